The standard InChI is InChI=1S/C15H23N/c1-12-10-11-16-15(13(12)2)9-8-14-6-4-3-5-7-14/h3-7,12-13,15-16H,8-11H2,1-2H3. The zero-order valence-electron chi connectivity index (χ0n) is 10.4. The summed E-state index contributed by atoms with van der Waals surface area (Å²) >= 11 is 0. The molecule has 0 aromatic heterocycles. The molecule has 1 fully saturated rings. The summed E-state index contributed by atoms with van der Waals surface area (Å²) in [7, 11) is 0. The number of piperidine rings is 1. The second-order valence-corrected chi connectivity index (χ2v) is 5.21. The van der Waals surface area contributed by atoms with E-state index < -0.39 is 0 Å². The van der Waals surface area contributed by atoms with Gasteiger partial charge in [-0.25, -0.2) is 0 Å². The molecule has 0 saturated carbocycles. The second kappa shape index (κ2) is 5.49. The lowest BCUT2D eigenvalue weighted by atomic mass is 9.81. The van der Waals surface area contributed by atoms with Crippen molar-refractivity contribution in [2.75, 3.05) is 6.54 Å². The van der Waals surface area contributed by atoms with Gasteiger partial charge in [0.05, 0.1) is 0 Å². The van der Waals surface area contributed by atoms with E-state index in [1.807, 2.05) is 0 Å². The molecule has 1 nitrogen and oxygen atoms in total. The normalized spacial score (nSPS) is 30.2. The fourth-order valence-corrected chi connectivity index (χ4v) is 2.67. The van der Waals surface area contributed by atoms with Gasteiger partial charge in [0.2, 0.25) is 0 Å². The Morgan fingerprint density at radius 3 is 2.69 bits per heavy atom. The van der Waals surface area contributed by atoms with Gasteiger partial charge < -0.3 is 5.32 Å². The van der Waals surface area contributed by atoms with Crippen molar-refractivity contribution in [1.29, 1.82) is 0 Å². The first kappa shape index (κ1) is 11.7. The van der Waals surface area contributed by atoms with Gasteiger partial charge in [-0.3, -0.25) is 0 Å². The quantitative estimate of drug-likeness (QED) is 0.819. The molecule has 0 amide bonds. The maximum atomic E-state index is 3.67. The number of hydrogen-bond acceptors (Lipinski definition) is 1. The monoisotopic (exact) mass is 217 g/mol. The summed E-state index contributed by atoms with van der Waals surface area (Å²) in [4.78, 5) is 0. The van der Waals surface area contributed by atoms with E-state index in [2.05, 4.69) is 49.5 Å². The lowest BCUT2D eigenvalue weighted by molar-refractivity contribution is 0.211. The maximum absolute atomic E-state index is 3.67. The Morgan fingerprint density at radius 1 is 1.19 bits per heavy atom. The van der Waals surface area contributed by atoms with Crippen LogP contribution in [0.4, 0.5) is 0 Å². The molecular formula is C15H23N. The van der Waals surface area contributed by atoms with Crippen molar-refractivity contribution in [3.63, 3.8) is 0 Å². The van der Waals surface area contributed by atoms with E-state index >= 15 is 0 Å². The molecule has 3 atom stereocenters. The van der Waals surface area contributed by atoms with E-state index in [9.17, 15) is 0 Å². The van der Waals surface area contributed by atoms with Crippen molar-refractivity contribution >= 4 is 0 Å². The fourth-order valence-electron chi connectivity index (χ4n) is 2.67. The summed E-state index contributed by atoms with van der Waals surface area (Å²) in [6.07, 6.45) is 3.81. The molecule has 1 aliphatic heterocycles. The van der Waals surface area contributed by atoms with Crippen LogP contribution in [0.5, 0.6) is 0 Å². The molecule has 88 valence electrons. The third-order valence-electron chi connectivity index (χ3n) is 4.13. The molecule has 2 rings (SSSR count). The predicted octanol–water partition coefficient (Wildman–Crippen LogP) is 3.25. The molecule has 1 aromatic rings. The summed E-state index contributed by atoms with van der Waals surface area (Å²) < 4.78 is 0. The van der Waals surface area contributed by atoms with Crippen molar-refractivity contribution in [1.82, 2.24) is 5.32 Å². The number of nitrogens with one attached hydrogen (secondary N) is 1. The molecule has 0 radical (unpaired) electrons. The number of rotatable bonds is 3. The molecule has 3 unspecified atom stereocenters. The molecule has 1 N–H and O–H groups in total. The van der Waals surface area contributed by atoms with Crippen LogP contribution in [0.2, 0.25) is 0 Å². The molecule has 16 heavy (non-hydrogen) atoms. The predicted molar refractivity (Wildman–Crippen MR) is 69.5 cm³/mol. The lowest BCUT2D eigenvalue weighted by Crippen LogP contribution is -2.44. The SMILES string of the molecule is CC1CCNC(CCc2ccccc2)C1C. The smallest absolute Gasteiger partial charge is 0.00984 e. The van der Waals surface area contributed by atoms with Crippen LogP contribution in [0, 0.1) is 11.8 Å². The van der Waals surface area contributed by atoms with Crippen LogP contribution in [0.15, 0.2) is 30.3 Å². The average molecular weight is 217 g/mol. The second-order valence-electron chi connectivity index (χ2n) is 5.21. The highest BCUT2D eigenvalue weighted by Gasteiger charge is 2.25. The Labute approximate surface area is 99.3 Å². The van der Waals surface area contributed by atoms with Gasteiger partial charge in [0.15, 0.2) is 0 Å². The first-order valence-corrected chi connectivity index (χ1v) is 6.54. The number of benzene rings is 1. The van der Waals surface area contributed by atoms with Crippen LogP contribution in [-0.4, -0.2) is 12.6 Å². The first-order valence-electron chi connectivity index (χ1n) is 6.54. The van der Waals surface area contributed by atoms with Gasteiger partial charge in [-0.2, -0.15) is 0 Å². The van der Waals surface area contributed by atoms with Crippen molar-refractivity contribution in [3.8, 4) is 0 Å². The van der Waals surface area contributed by atoms with Crippen LogP contribution in [0.25, 0.3) is 0 Å². The van der Waals surface area contributed by atoms with Crippen LogP contribution in [0.1, 0.15) is 32.3 Å². The molecular weight excluding hydrogens is 194 g/mol. The van der Waals surface area contributed by atoms with Gasteiger partial charge in [0.25, 0.3) is 0 Å². The van der Waals surface area contributed by atoms with Crippen molar-refractivity contribution in [2.24, 2.45) is 11.8 Å². The van der Waals surface area contributed by atoms with Crippen LogP contribution in [0.3, 0.4) is 0 Å². The number of aryl methyl sites for hydroxylation is 1. The topological polar surface area (TPSA) is 12.0 Å². The van der Waals surface area contributed by atoms with Crippen molar-refractivity contribution in [2.45, 2.75) is 39.2 Å². The first-order chi connectivity index (χ1) is 7.77. The van der Waals surface area contributed by atoms with Gasteiger partial charge in [-0.1, -0.05) is 44.2 Å². The summed E-state index contributed by atoms with van der Waals surface area (Å²) in [6.45, 7) is 5.98. The van der Waals surface area contributed by atoms with Gasteiger partial charge in [0.1, 0.15) is 0 Å². The van der Waals surface area contributed by atoms with E-state index in [0.717, 1.165) is 11.8 Å². The van der Waals surface area contributed by atoms with E-state index in [0.29, 0.717) is 6.04 Å². The molecule has 1 aromatic carbocycles. The fraction of sp³-hybridized carbons (Fsp3) is 0.600. The lowest BCUT2D eigenvalue weighted by Gasteiger charge is -2.35. The highest BCUT2D eigenvalue weighted by Crippen LogP contribution is 2.25. The molecule has 1 aliphatic rings. The van der Waals surface area contributed by atoms with Crippen molar-refractivity contribution < 1.29 is 0 Å². The minimum atomic E-state index is 0.712. The van der Waals surface area contributed by atoms with Gasteiger partial charge in [-0.05, 0) is 43.2 Å². The molecule has 1 heteroatoms. The minimum absolute atomic E-state index is 0.712. The Kier molecular flexibility index (Phi) is 4.00. The summed E-state index contributed by atoms with van der Waals surface area (Å²) in [5.41, 5.74) is 1.47. The molecule has 0 bridgehead atoms. The van der Waals surface area contributed by atoms with E-state index in [1.54, 1.807) is 0 Å². The Morgan fingerprint density at radius 2 is 1.94 bits per heavy atom. The Bertz CT molecular complexity index is 306. The zero-order valence-corrected chi connectivity index (χ0v) is 10.4. The zero-order chi connectivity index (χ0) is 11.4. The van der Waals surface area contributed by atoms with Crippen molar-refractivity contribution in [3.05, 3.63) is 35.9 Å². The summed E-state index contributed by atoms with van der Waals surface area (Å²) in [6, 6.07) is 11.5. The third kappa shape index (κ3) is 2.85. The summed E-state index contributed by atoms with van der Waals surface area (Å²) in [5.74, 6) is 1.69. The Hall–Kier alpha value is -0.820. The maximum Gasteiger partial charge on any atom is 0.00984 e. The molecule has 1 saturated heterocycles. The van der Waals surface area contributed by atoms with Crippen LogP contribution in [-0.2, 0) is 6.42 Å². The molecule has 0 spiro atoms. The van der Waals surface area contributed by atoms with Crippen LogP contribution >= 0.6 is 0 Å². The molecule has 0 aliphatic carbocycles. The highest BCUT2D eigenvalue weighted by molar-refractivity contribution is 5.14. The van der Waals surface area contributed by atoms with Gasteiger partial charge in [-0.15, -0.1) is 0 Å². The third-order valence-corrected chi connectivity index (χ3v) is 4.13. The highest BCUT2D eigenvalue weighted by atomic mass is 14.9. The largest absolute Gasteiger partial charge is 0.314 e. The Balaban J connectivity index is 1.85. The number of hydrogen-bond donors (Lipinski definition) is 1. The minimum Gasteiger partial charge on any atom is -0.314 e. The van der Waals surface area contributed by atoms with Gasteiger partial charge in [0, 0.05) is 6.04 Å². The van der Waals surface area contributed by atoms with E-state index in [4.69, 9.17) is 0 Å². The summed E-state index contributed by atoms with van der Waals surface area (Å²) in [5, 5.41) is 3.67. The average Bonchev–Trinajstić information content (AvgIpc) is 2.32. The van der Waals surface area contributed by atoms with Crippen LogP contribution < -0.4 is 5.32 Å². The molecule has 1 heterocycles. The van der Waals surface area contributed by atoms with E-state index in [-0.39, 0.29) is 0 Å². The van der Waals surface area contributed by atoms with Gasteiger partial charge >= 0.3 is 0 Å². The van der Waals surface area contributed by atoms with E-state index in [1.165, 1.54) is 31.4 Å².